The van der Waals surface area contributed by atoms with Crippen LogP contribution in [0, 0.1) is 18.6 Å². The van der Waals surface area contributed by atoms with Crippen LogP contribution in [0.5, 0.6) is 0 Å². The molecule has 0 radical (unpaired) electrons. The molecule has 0 atom stereocenters. The second kappa shape index (κ2) is 4.52. The van der Waals surface area contributed by atoms with E-state index in [1.807, 2.05) is 6.92 Å². The maximum atomic E-state index is 13.9. The molecule has 5 nitrogen and oxygen atoms in total. The average Bonchev–Trinajstić information content (AvgIpc) is 2.74. The smallest absolute Gasteiger partial charge is 0.201 e. The number of anilines is 1. The molecule has 0 aliphatic heterocycles. The quantitative estimate of drug-likeness (QED) is 0.777. The Morgan fingerprint density at radius 3 is 2.70 bits per heavy atom. The molecule has 0 spiro atoms. The molecule has 2 heterocycles. The molecule has 0 bridgehead atoms. The summed E-state index contributed by atoms with van der Waals surface area (Å²) in [5.41, 5.74) is 7.46. The number of halogens is 2. The second-order valence-corrected chi connectivity index (χ2v) is 4.43. The number of hydrogen-bond donors (Lipinski definition) is 1. The minimum absolute atomic E-state index is 0.0323. The third-order valence-corrected chi connectivity index (χ3v) is 2.98. The van der Waals surface area contributed by atoms with E-state index in [1.54, 1.807) is 12.4 Å². The lowest BCUT2D eigenvalue weighted by molar-refractivity contribution is 0.512. The molecule has 0 saturated heterocycles. The second-order valence-electron chi connectivity index (χ2n) is 4.43. The van der Waals surface area contributed by atoms with Gasteiger partial charge in [-0.2, -0.15) is 0 Å². The van der Waals surface area contributed by atoms with Crippen LogP contribution in [0.3, 0.4) is 0 Å². The third kappa shape index (κ3) is 1.97. The van der Waals surface area contributed by atoms with Crippen molar-refractivity contribution in [3.05, 3.63) is 47.5 Å². The highest BCUT2D eigenvalue weighted by Gasteiger charge is 2.16. The fourth-order valence-electron chi connectivity index (χ4n) is 2.00. The number of benzene rings is 1. The Labute approximate surface area is 113 Å². The first-order valence-corrected chi connectivity index (χ1v) is 5.93. The molecule has 2 N–H and O–H groups in total. The van der Waals surface area contributed by atoms with E-state index in [9.17, 15) is 8.78 Å². The number of nitrogen functional groups attached to an aromatic ring is 1. The van der Waals surface area contributed by atoms with E-state index < -0.39 is 11.6 Å². The van der Waals surface area contributed by atoms with E-state index in [0.717, 1.165) is 11.8 Å². The summed E-state index contributed by atoms with van der Waals surface area (Å²) in [7, 11) is 0. The van der Waals surface area contributed by atoms with Crippen LogP contribution in [0.2, 0.25) is 0 Å². The average molecular weight is 275 g/mol. The minimum atomic E-state index is -0.966. The highest BCUT2D eigenvalue weighted by Crippen LogP contribution is 2.23. The highest BCUT2D eigenvalue weighted by molar-refractivity contribution is 5.79. The zero-order valence-electron chi connectivity index (χ0n) is 10.6. The van der Waals surface area contributed by atoms with E-state index in [4.69, 9.17) is 5.73 Å². The Balaban J connectivity index is 2.13. The monoisotopic (exact) mass is 275 g/mol. The maximum absolute atomic E-state index is 13.9. The summed E-state index contributed by atoms with van der Waals surface area (Å²) >= 11 is 0. The van der Waals surface area contributed by atoms with Crippen molar-refractivity contribution in [3.63, 3.8) is 0 Å². The molecule has 2 aromatic heterocycles. The molecule has 0 saturated carbocycles. The van der Waals surface area contributed by atoms with Crippen molar-refractivity contribution in [3.8, 4) is 0 Å². The van der Waals surface area contributed by atoms with Crippen LogP contribution in [-0.4, -0.2) is 19.5 Å². The molecule has 0 unspecified atom stereocenters. The van der Waals surface area contributed by atoms with Crippen LogP contribution in [-0.2, 0) is 6.54 Å². The summed E-state index contributed by atoms with van der Waals surface area (Å²) in [5.74, 6) is -1.80. The number of aromatic nitrogens is 4. The van der Waals surface area contributed by atoms with Crippen molar-refractivity contribution in [2.45, 2.75) is 13.5 Å². The van der Waals surface area contributed by atoms with Gasteiger partial charge in [0.05, 0.1) is 29.6 Å². The molecule has 3 aromatic rings. The van der Waals surface area contributed by atoms with Gasteiger partial charge in [-0.05, 0) is 19.1 Å². The van der Waals surface area contributed by atoms with Gasteiger partial charge in [0, 0.05) is 6.20 Å². The van der Waals surface area contributed by atoms with Gasteiger partial charge in [0.15, 0.2) is 11.6 Å². The van der Waals surface area contributed by atoms with Crippen LogP contribution in [0.4, 0.5) is 14.7 Å². The number of imidazole rings is 1. The Bertz CT molecular complexity index is 780. The van der Waals surface area contributed by atoms with Crippen LogP contribution in [0.25, 0.3) is 11.0 Å². The Morgan fingerprint density at radius 1 is 1.20 bits per heavy atom. The van der Waals surface area contributed by atoms with Crippen molar-refractivity contribution in [1.29, 1.82) is 0 Å². The first kappa shape index (κ1) is 12.5. The van der Waals surface area contributed by atoms with Crippen LogP contribution >= 0.6 is 0 Å². The summed E-state index contributed by atoms with van der Waals surface area (Å²) in [6.45, 7) is 1.99. The zero-order valence-corrected chi connectivity index (χ0v) is 10.6. The van der Waals surface area contributed by atoms with Crippen molar-refractivity contribution in [2.75, 3.05) is 5.73 Å². The Kier molecular flexibility index (Phi) is 2.81. The van der Waals surface area contributed by atoms with Crippen molar-refractivity contribution < 1.29 is 8.78 Å². The van der Waals surface area contributed by atoms with Crippen molar-refractivity contribution >= 4 is 17.0 Å². The predicted octanol–water partition coefficient (Wildman–Crippen LogP) is 2.04. The van der Waals surface area contributed by atoms with Crippen LogP contribution in [0.1, 0.15) is 11.4 Å². The number of aryl methyl sites for hydroxylation is 1. The van der Waals surface area contributed by atoms with E-state index in [-0.39, 0.29) is 18.0 Å². The van der Waals surface area contributed by atoms with Gasteiger partial charge in [-0.3, -0.25) is 9.97 Å². The molecule has 0 amide bonds. The number of nitrogens with zero attached hydrogens (tertiary/aromatic N) is 4. The topological polar surface area (TPSA) is 69.6 Å². The molecule has 102 valence electrons. The van der Waals surface area contributed by atoms with Gasteiger partial charge >= 0.3 is 0 Å². The first-order chi connectivity index (χ1) is 9.56. The highest BCUT2D eigenvalue weighted by atomic mass is 19.2. The van der Waals surface area contributed by atoms with E-state index in [2.05, 4.69) is 15.0 Å². The zero-order chi connectivity index (χ0) is 14.3. The van der Waals surface area contributed by atoms with Crippen LogP contribution < -0.4 is 5.73 Å². The van der Waals surface area contributed by atoms with Gasteiger partial charge < -0.3 is 10.3 Å². The molecule has 0 fully saturated rings. The van der Waals surface area contributed by atoms with Gasteiger partial charge in [0.2, 0.25) is 5.95 Å². The van der Waals surface area contributed by atoms with E-state index >= 15 is 0 Å². The third-order valence-electron chi connectivity index (χ3n) is 2.98. The SMILES string of the molecule is Cc1cnc(Cn2c(N)nc3ccc(F)c(F)c32)cn1. The number of rotatable bonds is 2. The standard InChI is InChI=1S/C13H11F2N5/c1-7-4-18-8(5-17-7)6-20-12-10(19-13(20)16)3-2-9(14)11(12)15/h2-5H,6H2,1H3,(H2,16,19). The van der Waals surface area contributed by atoms with E-state index in [0.29, 0.717) is 11.2 Å². The van der Waals surface area contributed by atoms with Gasteiger partial charge in [-0.15, -0.1) is 0 Å². The van der Waals surface area contributed by atoms with Crippen LogP contribution in [0.15, 0.2) is 24.5 Å². The summed E-state index contributed by atoms with van der Waals surface area (Å²) in [4.78, 5) is 12.3. The minimum Gasteiger partial charge on any atom is -0.369 e. The van der Waals surface area contributed by atoms with E-state index in [1.165, 1.54) is 10.6 Å². The van der Waals surface area contributed by atoms with Gasteiger partial charge in [-0.25, -0.2) is 13.8 Å². The number of fused-ring (bicyclic) bond motifs is 1. The Morgan fingerprint density at radius 2 is 2.00 bits per heavy atom. The van der Waals surface area contributed by atoms with Crippen molar-refractivity contribution in [1.82, 2.24) is 19.5 Å². The fraction of sp³-hybridized carbons (Fsp3) is 0.154. The summed E-state index contributed by atoms with van der Waals surface area (Å²) < 4.78 is 28.6. The molecule has 7 heteroatoms. The lowest BCUT2D eigenvalue weighted by Crippen LogP contribution is -2.07. The van der Waals surface area contributed by atoms with Gasteiger partial charge in [-0.1, -0.05) is 0 Å². The van der Waals surface area contributed by atoms with Gasteiger partial charge in [0.25, 0.3) is 0 Å². The molecule has 0 aliphatic rings. The summed E-state index contributed by atoms with van der Waals surface area (Å²) in [5, 5.41) is 0. The summed E-state index contributed by atoms with van der Waals surface area (Å²) in [6, 6.07) is 2.42. The molecular weight excluding hydrogens is 264 g/mol. The molecule has 3 rings (SSSR count). The van der Waals surface area contributed by atoms with Crippen molar-refractivity contribution in [2.24, 2.45) is 0 Å². The number of nitrogens with two attached hydrogens (primary N) is 1. The Hall–Kier alpha value is -2.57. The molecule has 1 aromatic carbocycles. The fourth-order valence-corrected chi connectivity index (χ4v) is 2.00. The lowest BCUT2D eigenvalue weighted by atomic mass is 10.3. The largest absolute Gasteiger partial charge is 0.369 e. The first-order valence-electron chi connectivity index (χ1n) is 5.93. The number of hydrogen-bond acceptors (Lipinski definition) is 4. The molecular formula is C13H11F2N5. The lowest BCUT2D eigenvalue weighted by Gasteiger charge is -2.06. The predicted molar refractivity (Wildman–Crippen MR) is 69.9 cm³/mol. The van der Waals surface area contributed by atoms with Gasteiger partial charge in [0.1, 0.15) is 5.52 Å². The maximum Gasteiger partial charge on any atom is 0.201 e. The normalized spacial score (nSPS) is 11.2. The molecule has 20 heavy (non-hydrogen) atoms. The summed E-state index contributed by atoms with van der Waals surface area (Å²) in [6.07, 6.45) is 3.17. The molecule has 0 aliphatic carbocycles.